The Hall–Kier alpha value is 0.660. The maximum Gasteiger partial charge on any atom is 0.0312 e. The average molecular weight is 177 g/mol. The Kier molecular flexibility index (Phi) is 3.40. The molecule has 3 heteroatoms. The highest BCUT2D eigenvalue weighted by Gasteiger charge is 2.24. The molecule has 1 rings (SSSR count). The van der Waals surface area contributed by atoms with Gasteiger partial charge in [0.1, 0.15) is 0 Å². The first kappa shape index (κ1) is 8.75. The summed E-state index contributed by atoms with van der Waals surface area (Å²) in [4.78, 5) is 0. The van der Waals surface area contributed by atoms with E-state index < -0.39 is 0 Å². The second-order valence-electron chi connectivity index (χ2n) is 2.77. The molecule has 1 aliphatic rings. The lowest BCUT2D eigenvalue weighted by atomic mass is 10.2. The van der Waals surface area contributed by atoms with Crippen molar-refractivity contribution in [1.82, 2.24) is 0 Å². The smallest absolute Gasteiger partial charge is 0.0312 e. The first-order chi connectivity index (χ1) is 4.72. The third-order valence-electron chi connectivity index (χ3n) is 1.76. The Bertz CT molecular complexity index is 106. The molecule has 10 heavy (non-hydrogen) atoms. The van der Waals surface area contributed by atoms with E-state index in [1.807, 2.05) is 11.8 Å². The summed E-state index contributed by atoms with van der Waals surface area (Å²) in [6.07, 6.45) is 0. The van der Waals surface area contributed by atoms with E-state index in [1.165, 1.54) is 11.5 Å². The Balaban J connectivity index is 2.40. The normalized spacial score (nSPS) is 37.5. The van der Waals surface area contributed by atoms with Crippen LogP contribution in [0.5, 0.6) is 0 Å². The van der Waals surface area contributed by atoms with Crippen LogP contribution in [-0.4, -0.2) is 28.0 Å². The lowest BCUT2D eigenvalue weighted by molar-refractivity contribution is 0.678. The molecule has 0 aromatic carbocycles. The van der Waals surface area contributed by atoms with Crippen molar-refractivity contribution >= 4 is 23.5 Å². The average Bonchev–Trinajstić information content (AvgIpc) is 1.88. The zero-order chi connectivity index (χ0) is 7.56. The van der Waals surface area contributed by atoms with Gasteiger partial charge < -0.3 is 5.73 Å². The molecule has 60 valence electrons. The van der Waals surface area contributed by atoms with E-state index in [-0.39, 0.29) is 0 Å². The van der Waals surface area contributed by atoms with Crippen molar-refractivity contribution in [2.75, 3.05) is 11.5 Å². The van der Waals surface area contributed by atoms with E-state index >= 15 is 0 Å². The van der Waals surface area contributed by atoms with Crippen LogP contribution in [0.25, 0.3) is 0 Å². The minimum Gasteiger partial charge on any atom is -0.327 e. The molecule has 0 aromatic rings. The predicted molar refractivity (Wildman–Crippen MR) is 51.8 cm³/mol. The first-order valence-electron chi connectivity index (χ1n) is 3.70. The fraction of sp³-hybridized carbons (Fsp3) is 1.00. The predicted octanol–water partition coefficient (Wildman–Crippen LogP) is 1.57. The molecule has 3 atom stereocenters. The van der Waals surface area contributed by atoms with Crippen molar-refractivity contribution in [3.05, 3.63) is 0 Å². The van der Waals surface area contributed by atoms with Crippen LogP contribution >= 0.6 is 23.5 Å². The zero-order valence-electron chi connectivity index (χ0n) is 6.54. The van der Waals surface area contributed by atoms with Crippen LogP contribution in [0.4, 0.5) is 0 Å². The Morgan fingerprint density at radius 3 is 2.40 bits per heavy atom. The van der Waals surface area contributed by atoms with Crippen molar-refractivity contribution in [1.29, 1.82) is 0 Å². The lowest BCUT2D eigenvalue weighted by Crippen LogP contribution is -2.38. The van der Waals surface area contributed by atoms with E-state index in [0.29, 0.717) is 11.3 Å². The molecule has 1 fully saturated rings. The van der Waals surface area contributed by atoms with Crippen LogP contribution in [-0.2, 0) is 0 Å². The number of nitrogens with two attached hydrogens (primary N) is 1. The monoisotopic (exact) mass is 177 g/mol. The van der Waals surface area contributed by atoms with Gasteiger partial charge in [-0.3, -0.25) is 0 Å². The number of hydrogen-bond donors (Lipinski definition) is 1. The van der Waals surface area contributed by atoms with Gasteiger partial charge in [0.05, 0.1) is 0 Å². The maximum atomic E-state index is 5.82. The van der Waals surface area contributed by atoms with Gasteiger partial charge in [0.2, 0.25) is 0 Å². The Morgan fingerprint density at radius 2 is 2.00 bits per heavy atom. The number of rotatable bonds is 1. The third-order valence-corrected chi connectivity index (χ3v) is 5.11. The van der Waals surface area contributed by atoms with Gasteiger partial charge in [-0.2, -0.15) is 23.5 Å². The highest BCUT2D eigenvalue weighted by atomic mass is 32.2. The fourth-order valence-electron chi connectivity index (χ4n) is 1.23. The van der Waals surface area contributed by atoms with Gasteiger partial charge in [0.15, 0.2) is 0 Å². The van der Waals surface area contributed by atoms with Gasteiger partial charge in [0, 0.05) is 28.0 Å². The van der Waals surface area contributed by atoms with Crippen molar-refractivity contribution in [3.63, 3.8) is 0 Å². The number of hydrogen-bond acceptors (Lipinski definition) is 3. The van der Waals surface area contributed by atoms with Crippen LogP contribution in [0.2, 0.25) is 0 Å². The topological polar surface area (TPSA) is 26.0 Å². The SMILES string of the molecule is CC1SCCSC1[C@H](C)N. The van der Waals surface area contributed by atoms with Gasteiger partial charge in [0.25, 0.3) is 0 Å². The summed E-state index contributed by atoms with van der Waals surface area (Å²) in [6.45, 7) is 4.39. The van der Waals surface area contributed by atoms with Crippen molar-refractivity contribution < 1.29 is 0 Å². The molecule has 0 saturated carbocycles. The summed E-state index contributed by atoms with van der Waals surface area (Å²) in [5, 5.41) is 1.43. The molecule has 1 heterocycles. The summed E-state index contributed by atoms with van der Waals surface area (Å²) in [7, 11) is 0. The Labute approximate surface area is 71.5 Å². The van der Waals surface area contributed by atoms with Crippen LogP contribution in [0.15, 0.2) is 0 Å². The van der Waals surface area contributed by atoms with Crippen molar-refractivity contribution in [3.8, 4) is 0 Å². The second-order valence-corrected chi connectivity index (χ2v) is 5.54. The molecular weight excluding hydrogens is 162 g/mol. The summed E-state index contributed by atoms with van der Waals surface area (Å²) >= 11 is 4.09. The first-order valence-corrected chi connectivity index (χ1v) is 5.80. The molecule has 0 aliphatic carbocycles. The molecule has 2 unspecified atom stereocenters. The van der Waals surface area contributed by atoms with Crippen molar-refractivity contribution in [2.45, 2.75) is 30.4 Å². The maximum absolute atomic E-state index is 5.82. The Morgan fingerprint density at radius 1 is 1.40 bits per heavy atom. The van der Waals surface area contributed by atoms with E-state index in [4.69, 9.17) is 5.73 Å². The molecule has 1 nitrogen and oxygen atoms in total. The van der Waals surface area contributed by atoms with E-state index in [2.05, 4.69) is 25.6 Å². The molecule has 0 aromatic heterocycles. The van der Waals surface area contributed by atoms with Crippen LogP contribution in [0, 0.1) is 0 Å². The number of thioether (sulfide) groups is 2. The molecule has 1 aliphatic heterocycles. The molecule has 0 radical (unpaired) electrons. The molecule has 2 N–H and O–H groups in total. The molecule has 0 amide bonds. The van der Waals surface area contributed by atoms with Crippen LogP contribution in [0.3, 0.4) is 0 Å². The van der Waals surface area contributed by atoms with Crippen LogP contribution < -0.4 is 5.73 Å². The highest BCUT2D eigenvalue weighted by molar-refractivity contribution is 8.07. The van der Waals surface area contributed by atoms with Gasteiger partial charge in [-0.1, -0.05) is 6.92 Å². The summed E-state index contributed by atoms with van der Waals surface area (Å²) in [6, 6.07) is 0.354. The fourth-order valence-corrected chi connectivity index (χ4v) is 4.13. The summed E-state index contributed by atoms with van der Waals surface area (Å²) < 4.78 is 0. The quantitative estimate of drug-likeness (QED) is 0.658. The molecular formula is C7H15NS2. The second kappa shape index (κ2) is 3.88. The highest BCUT2D eigenvalue weighted by Crippen LogP contribution is 2.32. The summed E-state index contributed by atoms with van der Waals surface area (Å²) in [5.74, 6) is 2.58. The molecule has 1 saturated heterocycles. The zero-order valence-corrected chi connectivity index (χ0v) is 8.17. The largest absolute Gasteiger partial charge is 0.327 e. The van der Waals surface area contributed by atoms with E-state index in [9.17, 15) is 0 Å². The van der Waals surface area contributed by atoms with Crippen LogP contribution in [0.1, 0.15) is 13.8 Å². The third kappa shape index (κ3) is 2.07. The lowest BCUT2D eigenvalue weighted by Gasteiger charge is -2.30. The van der Waals surface area contributed by atoms with E-state index in [1.54, 1.807) is 0 Å². The minimum atomic E-state index is 0.354. The van der Waals surface area contributed by atoms with E-state index in [0.717, 1.165) is 5.25 Å². The molecule has 0 spiro atoms. The van der Waals surface area contributed by atoms with Gasteiger partial charge in [-0.15, -0.1) is 0 Å². The molecule has 0 bridgehead atoms. The van der Waals surface area contributed by atoms with Gasteiger partial charge >= 0.3 is 0 Å². The van der Waals surface area contributed by atoms with Gasteiger partial charge in [-0.05, 0) is 6.92 Å². The van der Waals surface area contributed by atoms with Crippen molar-refractivity contribution in [2.24, 2.45) is 5.73 Å². The standard InChI is InChI=1S/C7H15NS2/c1-5(8)7-6(2)9-3-4-10-7/h5-7H,3-4,8H2,1-2H3/t5-,6?,7?/m0/s1. The van der Waals surface area contributed by atoms with Gasteiger partial charge in [-0.25, -0.2) is 0 Å². The summed E-state index contributed by atoms with van der Waals surface area (Å²) in [5.41, 5.74) is 5.82. The minimum absolute atomic E-state index is 0.354.